The molecule has 0 aliphatic heterocycles. The molecule has 0 aliphatic carbocycles. The maximum Gasteiger partial charge on any atom is 0.257 e. The summed E-state index contributed by atoms with van der Waals surface area (Å²) in [5.41, 5.74) is 3.82. The zero-order valence-electron chi connectivity index (χ0n) is 14.9. The van der Waals surface area contributed by atoms with Crippen molar-refractivity contribution in [3.05, 3.63) is 78.4 Å². The topological polar surface area (TPSA) is 46.1 Å². The van der Waals surface area contributed by atoms with E-state index in [1.807, 2.05) is 30.3 Å². The van der Waals surface area contributed by atoms with Gasteiger partial charge in [-0.15, -0.1) is 0 Å². The minimum atomic E-state index is -0.225. The van der Waals surface area contributed by atoms with E-state index in [1.165, 1.54) is 16.4 Å². The van der Waals surface area contributed by atoms with E-state index in [4.69, 9.17) is 12.2 Å². The van der Waals surface area contributed by atoms with E-state index >= 15 is 0 Å². The summed E-state index contributed by atoms with van der Waals surface area (Å²) >= 11 is 5.31. The molecule has 0 bridgehead atoms. The van der Waals surface area contributed by atoms with E-state index in [0.717, 1.165) is 17.6 Å². The van der Waals surface area contributed by atoms with Crippen LogP contribution in [0.4, 0.5) is 5.69 Å². The molecule has 0 spiro atoms. The maximum absolute atomic E-state index is 12.2. The predicted octanol–water partition coefficient (Wildman–Crippen LogP) is 4.94. The number of amides is 1. The number of para-hydroxylation sites is 1. The molecule has 3 aromatic carbocycles. The summed E-state index contributed by atoms with van der Waals surface area (Å²) in [4.78, 5) is 12.2. The highest BCUT2D eigenvalue weighted by atomic mass is 32.1. The van der Waals surface area contributed by atoms with Crippen molar-refractivity contribution in [1.82, 2.24) is 9.88 Å². The van der Waals surface area contributed by atoms with Gasteiger partial charge in [-0.25, -0.2) is 0 Å². The minimum absolute atomic E-state index is 0.225. The highest BCUT2D eigenvalue weighted by molar-refractivity contribution is 7.80. The lowest BCUT2D eigenvalue weighted by atomic mass is 10.1. The quantitative estimate of drug-likeness (QED) is 0.500. The zero-order chi connectivity index (χ0) is 18.8. The summed E-state index contributed by atoms with van der Waals surface area (Å²) < 4.78 is 2.30. The summed E-state index contributed by atoms with van der Waals surface area (Å²) in [5.74, 6) is -0.225. The Morgan fingerprint density at radius 1 is 0.926 bits per heavy atom. The average Bonchev–Trinajstić information content (AvgIpc) is 3.01. The molecule has 0 atom stereocenters. The van der Waals surface area contributed by atoms with Gasteiger partial charge in [-0.2, -0.15) is 0 Å². The van der Waals surface area contributed by atoms with Crippen molar-refractivity contribution < 1.29 is 4.79 Å². The van der Waals surface area contributed by atoms with Crippen LogP contribution in [0.25, 0.3) is 21.8 Å². The van der Waals surface area contributed by atoms with Gasteiger partial charge in [-0.05, 0) is 55.5 Å². The van der Waals surface area contributed by atoms with Gasteiger partial charge in [0.15, 0.2) is 5.11 Å². The fraction of sp³-hybridized carbons (Fsp3) is 0.0909. The molecule has 1 amide bonds. The molecule has 0 saturated carbocycles. The lowest BCUT2D eigenvalue weighted by molar-refractivity contribution is 0.0977. The molecular formula is C22H19N3OS. The standard InChI is InChI=1S/C22H19N3OS/c1-2-25-19-11-7-6-10-17(19)18-14-16(12-13-20(18)25)23-22(27)24-21(26)15-8-4-3-5-9-15/h3-14H,2H2,1H3,(H2,23,24,26,27). The highest BCUT2D eigenvalue weighted by Crippen LogP contribution is 2.30. The van der Waals surface area contributed by atoms with Crippen LogP contribution >= 0.6 is 12.2 Å². The van der Waals surface area contributed by atoms with Crippen LogP contribution in [0.15, 0.2) is 72.8 Å². The Morgan fingerprint density at radius 2 is 1.63 bits per heavy atom. The van der Waals surface area contributed by atoms with Crippen LogP contribution in [0.3, 0.4) is 0 Å². The second-order valence-electron chi connectivity index (χ2n) is 6.27. The Kier molecular flexibility index (Phi) is 4.60. The lowest BCUT2D eigenvalue weighted by Gasteiger charge is -2.10. The number of nitrogens with one attached hydrogen (secondary N) is 2. The normalized spacial score (nSPS) is 10.9. The zero-order valence-corrected chi connectivity index (χ0v) is 15.7. The van der Waals surface area contributed by atoms with E-state index in [-0.39, 0.29) is 11.0 Å². The first-order chi connectivity index (χ1) is 13.2. The first-order valence-electron chi connectivity index (χ1n) is 8.85. The number of thiocarbonyl (C=S) groups is 1. The summed E-state index contributed by atoms with van der Waals surface area (Å²) in [7, 11) is 0. The number of hydrogen-bond donors (Lipinski definition) is 2. The van der Waals surface area contributed by atoms with E-state index < -0.39 is 0 Å². The summed E-state index contributed by atoms with van der Waals surface area (Å²) in [6, 6.07) is 23.5. The molecule has 27 heavy (non-hydrogen) atoms. The van der Waals surface area contributed by atoms with Gasteiger partial charge in [0.25, 0.3) is 5.91 Å². The second kappa shape index (κ2) is 7.21. The molecule has 4 aromatic rings. The molecule has 0 aliphatic rings. The molecule has 0 fully saturated rings. The highest BCUT2D eigenvalue weighted by Gasteiger charge is 2.11. The van der Waals surface area contributed by atoms with Gasteiger partial charge in [0.05, 0.1) is 0 Å². The molecular weight excluding hydrogens is 354 g/mol. The Balaban J connectivity index is 1.60. The van der Waals surface area contributed by atoms with E-state index in [0.29, 0.717) is 5.56 Å². The number of carbonyl (C=O) groups is 1. The number of nitrogens with zero attached hydrogens (tertiary/aromatic N) is 1. The van der Waals surface area contributed by atoms with Crippen LogP contribution in [0.2, 0.25) is 0 Å². The third kappa shape index (κ3) is 3.29. The number of carbonyl (C=O) groups excluding carboxylic acids is 1. The van der Waals surface area contributed by atoms with Crippen molar-refractivity contribution in [1.29, 1.82) is 0 Å². The Morgan fingerprint density at radius 3 is 2.41 bits per heavy atom. The summed E-state index contributed by atoms with van der Waals surface area (Å²) in [5, 5.41) is 8.49. The van der Waals surface area contributed by atoms with Gasteiger partial charge in [0.1, 0.15) is 0 Å². The van der Waals surface area contributed by atoms with Crippen molar-refractivity contribution in [2.24, 2.45) is 0 Å². The molecule has 2 N–H and O–H groups in total. The monoisotopic (exact) mass is 373 g/mol. The minimum Gasteiger partial charge on any atom is -0.341 e. The van der Waals surface area contributed by atoms with E-state index in [1.54, 1.807) is 12.1 Å². The Bertz CT molecular complexity index is 1150. The molecule has 0 radical (unpaired) electrons. The number of anilines is 1. The van der Waals surface area contributed by atoms with Gasteiger partial charge >= 0.3 is 0 Å². The third-order valence-corrected chi connectivity index (χ3v) is 4.81. The van der Waals surface area contributed by atoms with Crippen LogP contribution in [-0.4, -0.2) is 15.6 Å². The van der Waals surface area contributed by atoms with Gasteiger partial charge in [0, 0.05) is 39.6 Å². The van der Waals surface area contributed by atoms with Gasteiger partial charge in [-0.3, -0.25) is 10.1 Å². The van der Waals surface area contributed by atoms with Crippen LogP contribution < -0.4 is 10.6 Å². The van der Waals surface area contributed by atoms with Gasteiger partial charge in [0.2, 0.25) is 0 Å². The molecule has 1 heterocycles. The molecule has 4 nitrogen and oxygen atoms in total. The van der Waals surface area contributed by atoms with Crippen molar-refractivity contribution in [3.63, 3.8) is 0 Å². The fourth-order valence-electron chi connectivity index (χ4n) is 3.40. The molecule has 1 aromatic heterocycles. The van der Waals surface area contributed by atoms with Gasteiger partial charge in [-0.1, -0.05) is 36.4 Å². The number of benzene rings is 3. The molecule has 4 rings (SSSR count). The fourth-order valence-corrected chi connectivity index (χ4v) is 3.61. The first-order valence-corrected chi connectivity index (χ1v) is 9.26. The van der Waals surface area contributed by atoms with Crippen molar-refractivity contribution in [3.8, 4) is 0 Å². The Labute approximate surface area is 162 Å². The van der Waals surface area contributed by atoms with Crippen molar-refractivity contribution in [2.45, 2.75) is 13.5 Å². The van der Waals surface area contributed by atoms with E-state index in [9.17, 15) is 4.79 Å². The number of rotatable bonds is 3. The number of fused-ring (bicyclic) bond motifs is 3. The molecule has 5 heteroatoms. The van der Waals surface area contributed by atoms with Crippen LogP contribution in [0, 0.1) is 0 Å². The van der Waals surface area contributed by atoms with Crippen LogP contribution in [0.5, 0.6) is 0 Å². The predicted molar refractivity (Wildman–Crippen MR) is 115 cm³/mol. The van der Waals surface area contributed by atoms with E-state index in [2.05, 4.69) is 52.5 Å². The van der Waals surface area contributed by atoms with Crippen molar-refractivity contribution >= 4 is 50.7 Å². The number of aryl methyl sites for hydroxylation is 1. The van der Waals surface area contributed by atoms with Crippen LogP contribution in [0.1, 0.15) is 17.3 Å². The molecule has 0 unspecified atom stereocenters. The summed E-state index contributed by atoms with van der Waals surface area (Å²) in [6.07, 6.45) is 0. The number of aromatic nitrogens is 1. The van der Waals surface area contributed by atoms with Crippen molar-refractivity contribution in [2.75, 3.05) is 5.32 Å². The first kappa shape index (κ1) is 17.2. The third-order valence-electron chi connectivity index (χ3n) is 4.61. The molecule has 0 saturated heterocycles. The second-order valence-corrected chi connectivity index (χ2v) is 6.68. The lowest BCUT2D eigenvalue weighted by Crippen LogP contribution is -2.34. The Hall–Kier alpha value is -3.18. The summed E-state index contributed by atoms with van der Waals surface area (Å²) in [6.45, 7) is 3.05. The SMILES string of the molecule is CCn1c2ccccc2c2cc(NC(=S)NC(=O)c3ccccc3)ccc21. The average molecular weight is 373 g/mol. The molecule has 134 valence electrons. The largest absolute Gasteiger partial charge is 0.341 e. The van der Waals surface area contributed by atoms with Crippen LogP contribution in [-0.2, 0) is 6.54 Å². The smallest absolute Gasteiger partial charge is 0.257 e. The van der Waals surface area contributed by atoms with Gasteiger partial charge < -0.3 is 9.88 Å². The number of hydrogen-bond acceptors (Lipinski definition) is 2. The maximum atomic E-state index is 12.2.